The molecule has 4 atom stereocenters. The highest BCUT2D eigenvalue weighted by atomic mass is 16.5. The lowest BCUT2D eigenvalue weighted by Crippen LogP contribution is -2.50. The van der Waals surface area contributed by atoms with Crippen LogP contribution >= 0.6 is 0 Å². The molecule has 4 unspecified atom stereocenters. The van der Waals surface area contributed by atoms with E-state index in [2.05, 4.69) is 11.8 Å². The maximum atomic E-state index is 10.4. The number of hydrogen-bond acceptors (Lipinski definition) is 8. The molecule has 7 N–H and O–H groups in total. The Labute approximate surface area is 179 Å². The highest BCUT2D eigenvalue weighted by molar-refractivity contribution is 5.27. The number of unbranched alkanes of at least 4 members (excludes halogenated alkanes) is 3. The van der Waals surface area contributed by atoms with Crippen molar-refractivity contribution in [1.82, 2.24) is 4.90 Å². The molecular formula is C22H40N2O6. The van der Waals surface area contributed by atoms with Gasteiger partial charge in [0.25, 0.3) is 0 Å². The van der Waals surface area contributed by atoms with Gasteiger partial charge in [-0.15, -0.1) is 0 Å². The van der Waals surface area contributed by atoms with Crippen LogP contribution < -0.4 is 10.5 Å². The Morgan fingerprint density at radius 3 is 2.20 bits per heavy atom. The third kappa shape index (κ3) is 10.2. The van der Waals surface area contributed by atoms with Crippen LogP contribution in [0, 0.1) is 0 Å². The van der Waals surface area contributed by atoms with Gasteiger partial charge in [0.2, 0.25) is 0 Å². The van der Waals surface area contributed by atoms with Gasteiger partial charge in [-0.1, -0.05) is 38.3 Å². The van der Waals surface area contributed by atoms with E-state index in [1.807, 2.05) is 24.3 Å². The van der Waals surface area contributed by atoms with Crippen molar-refractivity contribution in [3.8, 4) is 5.75 Å². The van der Waals surface area contributed by atoms with Gasteiger partial charge in [0.1, 0.15) is 30.7 Å². The van der Waals surface area contributed by atoms with Gasteiger partial charge in [-0.25, -0.2) is 0 Å². The van der Waals surface area contributed by atoms with E-state index in [1.54, 1.807) is 0 Å². The molecule has 0 spiro atoms. The SMILES string of the molecule is CCCCCCN(CCc1ccc(OCCN)cc1)CC(O)C(O)C(O)C(O)CO. The van der Waals surface area contributed by atoms with E-state index >= 15 is 0 Å². The molecule has 0 aliphatic heterocycles. The van der Waals surface area contributed by atoms with Crippen LogP contribution in [0.2, 0.25) is 0 Å². The van der Waals surface area contributed by atoms with Crippen molar-refractivity contribution in [2.45, 2.75) is 63.4 Å². The number of benzene rings is 1. The Kier molecular flexibility index (Phi) is 13.9. The minimum atomic E-state index is -1.60. The fourth-order valence-electron chi connectivity index (χ4n) is 3.21. The topological polar surface area (TPSA) is 140 Å². The van der Waals surface area contributed by atoms with Crippen LogP contribution in [0.1, 0.15) is 38.2 Å². The Balaban J connectivity index is 2.63. The molecule has 0 aromatic heterocycles. The van der Waals surface area contributed by atoms with Gasteiger partial charge in [-0.3, -0.25) is 0 Å². The summed E-state index contributed by atoms with van der Waals surface area (Å²) in [5, 5.41) is 48.8. The lowest BCUT2D eigenvalue weighted by Gasteiger charge is -2.30. The van der Waals surface area contributed by atoms with Crippen molar-refractivity contribution in [3.05, 3.63) is 29.8 Å². The third-order valence-electron chi connectivity index (χ3n) is 5.13. The summed E-state index contributed by atoms with van der Waals surface area (Å²) in [6.07, 6.45) is -0.773. The molecule has 0 bridgehead atoms. The Morgan fingerprint density at radius 1 is 0.933 bits per heavy atom. The van der Waals surface area contributed by atoms with Gasteiger partial charge < -0.3 is 40.9 Å². The Bertz CT molecular complexity index is 545. The van der Waals surface area contributed by atoms with Crippen molar-refractivity contribution in [2.75, 3.05) is 39.4 Å². The summed E-state index contributed by atoms with van der Waals surface area (Å²) in [6.45, 7) is 4.01. The fourth-order valence-corrected chi connectivity index (χ4v) is 3.21. The largest absolute Gasteiger partial charge is 0.492 e. The van der Waals surface area contributed by atoms with Crippen LogP contribution in [0.5, 0.6) is 5.75 Å². The number of aliphatic hydroxyl groups excluding tert-OH is 5. The molecular weight excluding hydrogens is 388 g/mol. The number of aliphatic hydroxyl groups is 5. The predicted molar refractivity (Wildman–Crippen MR) is 116 cm³/mol. The van der Waals surface area contributed by atoms with Crippen LogP contribution in [-0.4, -0.2) is 94.2 Å². The van der Waals surface area contributed by atoms with Crippen LogP contribution in [0.4, 0.5) is 0 Å². The van der Waals surface area contributed by atoms with Crippen LogP contribution in [-0.2, 0) is 6.42 Å². The molecule has 0 radical (unpaired) electrons. The van der Waals surface area contributed by atoms with Crippen LogP contribution in [0.15, 0.2) is 24.3 Å². The molecule has 8 nitrogen and oxygen atoms in total. The van der Waals surface area contributed by atoms with E-state index in [9.17, 15) is 20.4 Å². The first kappa shape index (κ1) is 26.8. The lowest BCUT2D eigenvalue weighted by atomic mass is 10.0. The zero-order valence-corrected chi connectivity index (χ0v) is 18.1. The number of rotatable bonds is 17. The quantitative estimate of drug-likeness (QED) is 0.189. The van der Waals surface area contributed by atoms with Gasteiger partial charge in [0.15, 0.2) is 0 Å². The minimum absolute atomic E-state index is 0.167. The van der Waals surface area contributed by atoms with E-state index in [-0.39, 0.29) is 6.54 Å². The molecule has 30 heavy (non-hydrogen) atoms. The third-order valence-corrected chi connectivity index (χ3v) is 5.13. The molecule has 0 fully saturated rings. The maximum absolute atomic E-state index is 10.4. The first-order valence-corrected chi connectivity index (χ1v) is 10.9. The molecule has 1 rings (SSSR count). The normalized spacial score (nSPS) is 15.7. The van der Waals surface area contributed by atoms with E-state index in [4.69, 9.17) is 15.6 Å². The highest BCUT2D eigenvalue weighted by Crippen LogP contribution is 2.14. The zero-order chi connectivity index (χ0) is 22.4. The van der Waals surface area contributed by atoms with Gasteiger partial charge in [0.05, 0.1) is 12.7 Å². The second-order valence-corrected chi connectivity index (χ2v) is 7.69. The second-order valence-electron chi connectivity index (χ2n) is 7.69. The van der Waals surface area contributed by atoms with E-state index in [0.717, 1.165) is 50.0 Å². The maximum Gasteiger partial charge on any atom is 0.119 e. The molecule has 0 saturated carbocycles. The molecule has 0 amide bonds. The summed E-state index contributed by atoms with van der Waals surface area (Å²) in [5.74, 6) is 0.774. The van der Waals surface area contributed by atoms with Crippen molar-refractivity contribution in [1.29, 1.82) is 0 Å². The molecule has 0 aliphatic carbocycles. The average molecular weight is 429 g/mol. The van der Waals surface area contributed by atoms with Crippen molar-refractivity contribution >= 4 is 0 Å². The second kappa shape index (κ2) is 15.5. The summed E-state index contributed by atoms with van der Waals surface area (Å²) in [6, 6.07) is 7.80. The van der Waals surface area contributed by atoms with Crippen LogP contribution in [0.25, 0.3) is 0 Å². The van der Waals surface area contributed by atoms with E-state index < -0.39 is 31.0 Å². The van der Waals surface area contributed by atoms with Gasteiger partial charge >= 0.3 is 0 Å². The highest BCUT2D eigenvalue weighted by Gasteiger charge is 2.30. The van der Waals surface area contributed by atoms with Gasteiger partial charge in [-0.2, -0.15) is 0 Å². The molecule has 1 aromatic carbocycles. The predicted octanol–water partition coefficient (Wildman–Crippen LogP) is -0.115. The van der Waals surface area contributed by atoms with E-state index in [1.165, 1.54) is 0 Å². The standard InChI is InChI=1S/C22H40N2O6/c1-2-3-4-5-12-24(15-19(26)21(28)22(29)20(27)16-25)13-10-17-6-8-18(9-7-17)30-14-11-23/h6-9,19-22,25-29H,2-5,10-16,23H2,1H3. The summed E-state index contributed by atoms with van der Waals surface area (Å²) < 4.78 is 5.48. The zero-order valence-electron chi connectivity index (χ0n) is 18.1. The molecule has 174 valence electrons. The average Bonchev–Trinajstić information content (AvgIpc) is 2.77. The molecule has 0 heterocycles. The number of nitrogens with zero attached hydrogens (tertiary/aromatic N) is 1. The van der Waals surface area contributed by atoms with Gasteiger partial charge in [-0.05, 0) is 37.1 Å². The number of nitrogens with two attached hydrogens (primary N) is 1. The lowest BCUT2D eigenvalue weighted by molar-refractivity contribution is -0.119. The molecule has 0 aliphatic rings. The minimum Gasteiger partial charge on any atom is -0.492 e. The van der Waals surface area contributed by atoms with Crippen molar-refractivity contribution in [3.63, 3.8) is 0 Å². The molecule has 0 saturated heterocycles. The Morgan fingerprint density at radius 2 is 1.60 bits per heavy atom. The first-order valence-electron chi connectivity index (χ1n) is 10.9. The summed E-state index contributed by atoms with van der Waals surface area (Å²) in [4.78, 5) is 2.06. The smallest absolute Gasteiger partial charge is 0.119 e. The first-order chi connectivity index (χ1) is 14.4. The van der Waals surface area contributed by atoms with E-state index in [0.29, 0.717) is 19.7 Å². The summed E-state index contributed by atoms with van der Waals surface area (Å²) in [7, 11) is 0. The molecule has 1 aromatic rings. The van der Waals surface area contributed by atoms with Crippen LogP contribution in [0.3, 0.4) is 0 Å². The monoisotopic (exact) mass is 428 g/mol. The molecule has 8 heteroatoms. The fraction of sp³-hybridized carbons (Fsp3) is 0.727. The summed E-state index contributed by atoms with van der Waals surface area (Å²) >= 11 is 0. The van der Waals surface area contributed by atoms with Crippen molar-refractivity contribution < 1.29 is 30.3 Å². The number of ether oxygens (including phenoxy) is 1. The van der Waals surface area contributed by atoms with Gasteiger partial charge in [0, 0.05) is 19.6 Å². The van der Waals surface area contributed by atoms with Crippen molar-refractivity contribution in [2.24, 2.45) is 5.73 Å². The summed E-state index contributed by atoms with van der Waals surface area (Å²) in [5.41, 5.74) is 6.56. The number of hydrogen-bond donors (Lipinski definition) is 6. The Hall–Kier alpha value is -1.26.